The molecule has 1 fully saturated rings. The smallest absolute Gasteiger partial charge is 0.317 e. The molecule has 2 atom stereocenters. The Morgan fingerprint density at radius 3 is 2.72 bits per heavy atom. The van der Waals surface area contributed by atoms with Gasteiger partial charge in [0.2, 0.25) is 0 Å². The number of aliphatic carboxylic acids is 1. The molecule has 104 valence electrons. The van der Waals surface area contributed by atoms with Gasteiger partial charge in [0.05, 0.1) is 5.41 Å². The van der Waals surface area contributed by atoms with Gasteiger partial charge < -0.3 is 15.3 Å². The zero-order chi connectivity index (χ0) is 13.8. The molecule has 0 aromatic rings. The topological polar surface area (TPSA) is 69.6 Å². The van der Waals surface area contributed by atoms with Gasteiger partial charge in [-0.3, -0.25) is 4.79 Å². The van der Waals surface area contributed by atoms with Gasteiger partial charge in [-0.2, -0.15) is 0 Å². The zero-order valence-corrected chi connectivity index (χ0v) is 11.5. The first-order chi connectivity index (χ1) is 8.39. The lowest BCUT2D eigenvalue weighted by molar-refractivity contribution is -0.150. The van der Waals surface area contributed by atoms with E-state index in [-0.39, 0.29) is 6.03 Å². The Morgan fingerprint density at radius 1 is 1.50 bits per heavy atom. The number of likely N-dealkylation sites (tertiary alicyclic amines) is 1. The van der Waals surface area contributed by atoms with Crippen LogP contribution in [0.4, 0.5) is 4.79 Å². The average Bonchev–Trinajstić information content (AvgIpc) is 2.35. The standard InChI is InChI=1S/C13H24N2O3/c1-4-10(2)8-14-12(18)15-7-5-6-13(3,9-15)11(16)17/h10H,4-9H2,1-3H3,(H,14,18)(H,16,17). The van der Waals surface area contributed by atoms with Crippen LogP contribution in [-0.2, 0) is 4.79 Å². The van der Waals surface area contributed by atoms with Crippen molar-refractivity contribution in [3.63, 3.8) is 0 Å². The third kappa shape index (κ3) is 3.62. The molecule has 0 spiro atoms. The Hall–Kier alpha value is -1.26. The number of amides is 2. The Labute approximate surface area is 109 Å². The highest BCUT2D eigenvalue weighted by Gasteiger charge is 2.39. The Balaban J connectivity index is 2.51. The Morgan fingerprint density at radius 2 is 2.17 bits per heavy atom. The first-order valence-electron chi connectivity index (χ1n) is 6.65. The van der Waals surface area contributed by atoms with E-state index in [2.05, 4.69) is 19.2 Å². The van der Waals surface area contributed by atoms with E-state index in [1.54, 1.807) is 11.8 Å². The summed E-state index contributed by atoms with van der Waals surface area (Å²) in [7, 11) is 0. The number of nitrogens with one attached hydrogen (secondary N) is 1. The molecule has 1 rings (SSSR count). The van der Waals surface area contributed by atoms with Gasteiger partial charge in [0.25, 0.3) is 0 Å². The van der Waals surface area contributed by atoms with E-state index >= 15 is 0 Å². The minimum absolute atomic E-state index is 0.137. The summed E-state index contributed by atoms with van der Waals surface area (Å²) < 4.78 is 0. The van der Waals surface area contributed by atoms with Crippen LogP contribution in [0.3, 0.4) is 0 Å². The molecule has 0 radical (unpaired) electrons. The Kier molecular flexibility index (Phi) is 4.99. The van der Waals surface area contributed by atoms with E-state index in [0.717, 1.165) is 12.8 Å². The fourth-order valence-corrected chi connectivity index (χ4v) is 2.11. The number of hydrogen-bond donors (Lipinski definition) is 2. The number of nitrogens with zero attached hydrogens (tertiary/aromatic N) is 1. The number of urea groups is 1. The van der Waals surface area contributed by atoms with E-state index in [9.17, 15) is 14.7 Å². The summed E-state index contributed by atoms with van der Waals surface area (Å²) in [4.78, 5) is 24.8. The van der Waals surface area contributed by atoms with E-state index < -0.39 is 11.4 Å². The maximum atomic E-state index is 12.0. The van der Waals surface area contributed by atoms with Crippen LogP contribution >= 0.6 is 0 Å². The van der Waals surface area contributed by atoms with Gasteiger partial charge in [-0.25, -0.2) is 4.79 Å². The molecule has 1 saturated heterocycles. The third-order valence-corrected chi connectivity index (χ3v) is 3.80. The monoisotopic (exact) mass is 256 g/mol. The highest BCUT2D eigenvalue weighted by Crippen LogP contribution is 2.29. The van der Waals surface area contributed by atoms with E-state index in [1.807, 2.05) is 0 Å². The maximum absolute atomic E-state index is 12.0. The molecule has 1 heterocycles. The minimum atomic E-state index is -0.818. The summed E-state index contributed by atoms with van der Waals surface area (Å²) in [6, 6.07) is -0.137. The largest absolute Gasteiger partial charge is 0.481 e. The normalized spacial score (nSPS) is 25.6. The average molecular weight is 256 g/mol. The molecule has 0 bridgehead atoms. The summed E-state index contributed by atoms with van der Waals surface area (Å²) in [5.74, 6) is -0.369. The van der Waals surface area contributed by atoms with Crippen molar-refractivity contribution in [2.45, 2.75) is 40.0 Å². The van der Waals surface area contributed by atoms with E-state index in [4.69, 9.17) is 0 Å². The summed E-state index contributed by atoms with van der Waals surface area (Å²) in [6.07, 6.45) is 2.41. The van der Waals surface area contributed by atoms with Gasteiger partial charge in [0, 0.05) is 19.6 Å². The first kappa shape index (κ1) is 14.8. The highest BCUT2D eigenvalue weighted by molar-refractivity contribution is 5.78. The van der Waals surface area contributed by atoms with Gasteiger partial charge in [-0.15, -0.1) is 0 Å². The van der Waals surface area contributed by atoms with Crippen molar-refractivity contribution in [1.29, 1.82) is 0 Å². The van der Waals surface area contributed by atoms with Crippen molar-refractivity contribution < 1.29 is 14.7 Å². The summed E-state index contributed by atoms with van der Waals surface area (Å²) in [6.45, 7) is 7.47. The van der Waals surface area contributed by atoms with Crippen molar-refractivity contribution in [3.8, 4) is 0 Å². The lowest BCUT2D eigenvalue weighted by Gasteiger charge is -2.37. The molecule has 2 N–H and O–H groups in total. The molecule has 0 saturated carbocycles. The third-order valence-electron chi connectivity index (χ3n) is 3.80. The number of carbonyl (C=O) groups excluding carboxylic acids is 1. The SMILES string of the molecule is CCC(C)CNC(=O)N1CCCC(C)(C(=O)O)C1. The molecule has 18 heavy (non-hydrogen) atoms. The number of carboxylic acid groups (broad SMARTS) is 1. The first-order valence-corrected chi connectivity index (χ1v) is 6.65. The predicted molar refractivity (Wildman–Crippen MR) is 69.4 cm³/mol. The molecule has 5 nitrogen and oxygen atoms in total. The van der Waals surface area contributed by atoms with Gasteiger partial charge in [0.15, 0.2) is 0 Å². The summed E-state index contributed by atoms with van der Waals surface area (Å²) in [5.41, 5.74) is -0.800. The molecule has 2 amide bonds. The molecular formula is C13H24N2O3. The van der Waals surface area contributed by atoms with Gasteiger partial charge in [-0.05, 0) is 25.7 Å². The maximum Gasteiger partial charge on any atom is 0.317 e. The lowest BCUT2D eigenvalue weighted by atomic mass is 9.82. The molecule has 5 heteroatoms. The number of carboxylic acids is 1. The summed E-state index contributed by atoms with van der Waals surface area (Å²) in [5, 5.41) is 12.1. The molecule has 0 aliphatic carbocycles. The van der Waals surface area contributed by atoms with Gasteiger partial charge in [0.1, 0.15) is 0 Å². The van der Waals surface area contributed by atoms with Gasteiger partial charge >= 0.3 is 12.0 Å². The molecule has 1 aliphatic heterocycles. The highest BCUT2D eigenvalue weighted by atomic mass is 16.4. The molecule has 2 unspecified atom stereocenters. The van der Waals surface area contributed by atoms with Crippen LogP contribution in [0.2, 0.25) is 0 Å². The van der Waals surface area contributed by atoms with Crippen molar-refractivity contribution >= 4 is 12.0 Å². The molecule has 0 aromatic heterocycles. The molecular weight excluding hydrogens is 232 g/mol. The van der Waals surface area contributed by atoms with Crippen molar-refractivity contribution in [1.82, 2.24) is 10.2 Å². The number of rotatable bonds is 4. The zero-order valence-electron chi connectivity index (χ0n) is 11.5. The van der Waals surface area contributed by atoms with Crippen molar-refractivity contribution in [3.05, 3.63) is 0 Å². The second kappa shape index (κ2) is 6.07. The second-order valence-corrected chi connectivity index (χ2v) is 5.59. The fourth-order valence-electron chi connectivity index (χ4n) is 2.11. The van der Waals surface area contributed by atoms with Crippen LogP contribution in [0.1, 0.15) is 40.0 Å². The van der Waals surface area contributed by atoms with Crippen LogP contribution in [0.25, 0.3) is 0 Å². The molecule has 1 aliphatic rings. The number of carbonyl (C=O) groups is 2. The van der Waals surface area contributed by atoms with Crippen LogP contribution in [0, 0.1) is 11.3 Å². The predicted octanol–water partition coefficient (Wildman–Crippen LogP) is 1.93. The fraction of sp³-hybridized carbons (Fsp3) is 0.846. The van der Waals surface area contributed by atoms with Crippen molar-refractivity contribution in [2.75, 3.05) is 19.6 Å². The van der Waals surface area contributed by atoms with Crippen LogP contribution in [0.15, 0.2) is 0 Å². The number of piperidine rings is 1. The van der Waals surface area contributed by atoms with Crippen LogP contribution in [-0.4, -0.2) is 41.6 Å². The van der Waals surface area contributed by atoms with Crippen LogP contribution < -0.4 is 5.32 Å². The molecule has 0 aromatic carbocycles. The van der Waals surface area contributed by atoms with E-state index in [1.165, 1.54) is 0 Å². The second-order valence-electron chi connectivity index (χ2n) is 5.59. The minimum Gasteiger partial charge on any atom is -0.481 e. The van der Waals surface area contributed by atoms with Crippen LogP contribution in [0.5, 0.6) is 0 Å². The summed E-state index contributed by atoms with van der Waals surface area (Å²) >= 11 is 0. The van der Waals surface area contributed by atoms with E-state index in [0.29, 0.717) is 32.0 Å². The lowest BCUT2D eigenvalue weighted by Crippen LogP contribution is -2.51. The van der Waals surface area contributed by atoms with Crippen molar-refractivity contribution in [2.24, 2.45) is 11.3 Å². The van der Waals surface area contributed by atoms with Gasteiger partial charge in [-0.1, -0.05) is 20.3 Å². The quantitative estimate of drug-likeness (QED) is 0.807. The Bertz CT molecular complexity index is 319. The number of hydrogen-bond acceptors (Lipinski definition) is 2.